The number of carbonyl (C=O) groups excluding carboxylic acids is 1. The maximum atomic E-state index is 13.4. The number of rotatable bonds is 7. The Hall–Kier alpha value is -3.05. The standard InChI is InChI=1S/C25H24N4O4S2/c30-19(16-7-2-1-3-8-16)14-26-22-18(23(31)28-11-5-4-10-21(28)27-22)13-20-24(32)29(25(34)35-20)15-17-9-6-12-33-17/h1-5,7-8,10-11,13,17,19,26,30H,6,9,12,14-15H2/b20-13-/t17-,19+/m0/s1. The first kappa shape index (κ1) is 23.7. The van der Waals surface area contributed by atoms with E-state index >= 15 is 0 Å². The van der Waals surface area contributed by atoms with E-state index < -0.39 is 6.10 Å². The minimum atomic E-state index is -0.801. The number of aliphatic hydroxyl groups excluding tert-OH is 1. The maximum Gasteiger partial charge on any atom is 0.267 e. The van der Waals surface area contributed by atoms with Gasteiger partial charge in [0.15, 0.2) is 0 Å². The molecule has 2 aromatic heterocycles. The zero-order valence-electron chi connectivity index (χ0n) is 18.8. The minimum absolute atomic E-state index is 0.0264. The third kappa shape index (κ3) is 5.01. The van der Waals surface area contributed by atoms with Crippen LogP contribution in [-0.4, -0.2) is 55.4 Å². The quantitative estimate of drug-likeness (QED) is 0.371. The van der Waals surface area contributed by atoms with Gasteiger partial charge in [0.25, 0.3) is 11.5 Å². The van der Waals surface area contributed by atoms with E-state index in [-0.39, 0.29) is 29.7 Å². The smallest absolute Gasteiger partial charge is 0.267 e. The number of benzene rings is 1. The lowest BCUT2D eigenvalue weighted by Crippen LogP contribution is -2.35. The maximum absolute atomic E-state index is 13.4. The zero-order chi connectivity index (χ0) is 24.4. The molecular weight excluding hydrogens is 484 g/mol. The minimum Gasteiger partial charge on any atom is -0.387 e. The highest BCUT2D eigenvalue weighted by molar-refractivity contribution is 8.26. The van der Waals surface area contributed by atoms with Crippen LogP contribution in [0.2, 0.25) is 0 Å². The fraction of sp³-hybridized carbons (Fsp3) is 0.280. The molecule has 2 saturated heterocycles. The highest BCUT2D eigenvalue weighted by Crippen LogP contribution is 2.34. The third-order valence-corrected chi connectivity index (χ3v) is 7.35. The van der Waals surface area contributed by atoms with E-state index in [2.05, 4.69) is 10.3 Å². The molecule has 0 radical (unpaired) electrons. The summed E-state index contributed by atoms with van der Waals surface area (Å²) in [6.45, 7) is 1.24. The van der Waals surface area contributed by atoms with Crippen molar-refractivity contribution < 1.29 is 14.6 Å². The van der Waals surface area contributed by atoms with Crippen molar-refractivity contribution in [2.24, 2.45) is 0 Å². The molecule has 0 spiro atoms. The molecule has 3 aromatic rings. The van der Waals surface area contributed by atoms with Crippen LogP contribution in [0.25, 0.3) is 11.7 Å². The highest BCUT2D eigenvalue weighted by atomic mass is 32.2. The summed E-state index contributed by atoms with van der Waals surface area (Å²) >= 11 is 6.62. The number of nitrogens with zero attached hydrogens (tertiary/aromatic N) is 3. The number of thiocarbonyl (C=S) groups is 1. The fourth-order valence-corrected chi connectivity index (χ4v) is 5.39. The van der Waals surface area contributed by atoms with Crippen molar-refractivity contribution in [1.82, 2.24) is 14.3 Å². The van der Waals surface area contributed by atoms with Crippen LogP contribution >= 0.6 is 24.0 Å². The summed E-state index contributed by atoms with van der Waals surface area (Å²) < 4.78 is 7.54. The number of anilines is 1. The molecule has 2 N–H and O–H groups in total. The van der Waals surface area contributed by atoms with Crippen molar-refractivity contribution in [3.63, 3.8) is 0 Å². The normalized spacial score (nSPS) is 20.2. The van der Waals surface area contributed by atoms with Crippen molar-refractivity contribution in [3.05, 3.63) is 81.1 Å². The molecule has 8 nitrogen and oxygen atoms in total. The number of fused-ring (bicyclic) bond motifs is 1. The van der Waals surface area contributed by atoms with Gasteiger partial charge in [-0.2, -0.15) is 0 Å². The molecule has 5 rings (SSSR count). The largest absolute Gasteiger partial charge is 0.387 e. The van der Waals surface area contributed by atoms with Gasteiger partial charge in [-0.15, -0.1) is 0 Å². The van der Waals surface area contributed by atoms with E-state index in [9.17, 15) is 14.7 Å². The molecule has 4 heterocycles. The Labute approximate surface area is 211 Å². The molecular formula is C25H24N4O4S2. The first-order valence-electron chi connectivity index (χ1n) is 11.4. The van der Waals surface area contributed by atoms with Gasteiger partial charge < -0.3 is 15.2 Å². The van der Waals surface area contributed by atoms with Crippen molar-refractivity contribution in [2.45, 2.75) is 25.0 Å². The van der Waals surface area contributed by atoms with E-state index in [0.29, 0.717) is 33.8 Å². The van der Waals surface area contributed by atoms with E-state index in [1.54, 1.807) is 35.4 Å². The summed E-state index contributed by atoms with van der Waals surface area (Å²) in [5, 5.41) is 13.7. The SMILES string of the molecule is O=C1/C(=C/c2c(NC[C@@H](O)c3ccccc3)nc3ccccn3c2=O)SC(=S)N1C[C@@H]1CCCO1. The van der Waals surface area contributed by atoms with Crippen LogP contribution in [0.3, 0.4) is 0 Å². The van der Waals surface area contributed by atoms with Crippen LogP contribution in [0, 0.1) is 0 Å². The second-order valence-corrected chi connectivity index (χ2v) is 10.0. The summed E-state index contributed by atoms with van der Waals surface area (Å²) in [5.74, 6) is 0.0453. The molecule has 180 valence electrons. The molecule has 2 atom stereocenters. The Morgan fingerprint density at radius 2 is 2.03 bits per heavy atom. The molecule has 2 aliphatic heterocycles. The second-order valence-electron chi connectivity index (χ2n) is 8.34. The van der Waals surface area contributed by atoms with Gasteiger partial charge in [-0.05, 0) is 36.6 Å². The van der Waals surface area contributed by atoms with Gasteiger partial charge in [0.2, 0.25) is 0 Å². The first-order chi connectivity index (χ1) is 17.0. The number of carbonyl (C=O) groups is 1. The van der Waals surface area contributed by atoms with Crippen molar-refractivity contribution in [3.8, 4) is 0 Å². The average molecular weight is 509 g/mol. The third-order valence-electron chi connectivity index (χ3n) is 5.98. The number of pyridine rings is 1. The second kappa shape index (κ2) is 10.3. The molecule has 2 aliphatic rings. The Kier molecular flexibility index (Phi) is 6.96. The Morgan fingerprint density at radius 3 is 2.80 bits per heavy atom. The van der Waals surface area contributed by atoms with Crippen LogP contribution in [-0.2, 0) is 9.53 Å². The van der Waals surface area contributed by atoms with E-state index in [4.69, 9.17) is 17.0 Å². The first-order valence-corrected chi connectivity index (χ1v) is 12.6. The highest BCUT2D eigenvalue weighted by Gasteiger charge is 2.35. The van der Waals surface area contributed by atoms with Gasteiger partial charge in [0.05, 0.1) is 29.2 Å². The Balaban J connectivity index is 1.47. The molecule has 0 aliphatic carbocycles. The van der Waals surface area contributed by atoms with E-state index in [1.807, 2.05) is 30.3 Å². The number of aliphatic hydroxyl groups is 1. The summed E-state index contributed by atoms with van der Waals surface area (Å²) in [7, 11) is 0. The van der Waals surface area contributed by atoms with E-state index in [1.165, 1.54) is 4.40 Å². The molecule has 2 fully saturated rings. The van der Waals surface area contributed by atoms with Gasteiger partial charge in [-0.1, -0.05) is 60.4 Å². The summed E-state index contributed by atoms with van der Waals surface area (Å²) in [6, 6.07) is 14.5. The fourth-order valence-electron chi connectivity index (χ4n) is 4.13. The van der Waals surface area contributed by atoms with Gasteiger partial charge in [0, 0.05) is 19.3 Å². The lowest BCUT2D eigenvalue weighted by Gasteiger charge is -2.18. The number of hydrogen-bond acceptors (Lipinski definition) is 8. The molecule has 1 aromatic carbocycles. The number of hydrogen-bond donors (Lipinski definition) is 2. The van der Waals surface area contributed by atoms with Gasteiger partial charge in [0.1, 0.15) is 15.8 Å². The monoisotopic (exact) mass is 508 g/mol. The van der Waals surface area contributed by atoms with Crippen LogP contribution in [0.15, 0.2) is 64.4 Å². The zero-order valence-corrected chi connectivity index (χ0v) is 20.4. The summed E-state index contributed by atoms with van der Waals surface area (Å²) in [5.41, 5.74) is 1.11. The molecule has 35 heavy (non-hydrogen) atoms. The average Bonchev–Trinajstić information content (AvgIpc) is 3.49. The van der Waals surface area contributed by atoms with Crippen molar-refractivity contribution >= 4 is 51.7 Å². The van der Waals surface area contributed by atoms with Crippen LogP contribution in [0.1, 0.15) is 30.1 Å². The number of nitrogens with one attached hydrogen (secondary N) is 1. The molecule has 0 bridgehead atoms. The predicted octanol–water partition coefficient (Wildman–Crippen LogP) is 3.22. The van der Waals surface area contributed by atoms with Gasteiger partial charge in [-0.25, -0.2) is 4.98 Å². The molecule has 0 unspecified atom stereocenters. The number of aromatic nitrogens is 2. The number of ether oxygens (including phenoxy) is 1. The molecule has 10 heteroatoms. The Bertz CT molecular complexity index is 1350. The van der Waals surface area contributed by atoms with Crippen LogP contribution < -0.4 is 10.9 Å². The Morgan fingerprint density at radius 1 is 1.23 bits per heavy atom. The summed E-state index contributed by atoms with van der Waals surface area (Å²) in [4.78, 5) is 33.0. The lowest BCUT2D eigenvalue weighted by molar-refractivity contribution is -0.123. The molecule has 0 saturated carbocycles. The van der Waals surface area contributed by atoms with Gasteiger partial charge in [-0.3, -0.25) is 18.9 Å². The number of thioether (sulfide) groups is 1. The predicted molar refractivity (Wildman–Crippen MR) is 140 cm³/mol. The van der Waals surface area contributed by atoms with Crippen LogP contribution in [0.5, 0.6) is 0 Å². The van der Waals surface area contributed by atoms with Crippen molar-refractivity contribution in [2.75, 3.05) is 25.0 Å². The topological polar surface area (TPSA) is 96.2 Å². The summed E-state index contributed by atoms with van der Waals surface area (Å²) in [6.07, 6.45) is 4.21. The lowest BCUT2D eigenvalue weighted by atomic mass is 10.1. The number of amides is 1. The van der Waals surface area contributed by atoms with E-state index in [0.717, 1.165) is 30.2 Å². The van der Waals surface area contributed by atoms with Crippen LogP contribution in [0.4, 0.5) is 5.82 Å². The molecule has 1 amide bonds. The van der Waals surface area contributed by atoms with Crippen molar-refractivity contribution in [1.29, 1.82) is 0 Å². The van der Waals surface area contributed by atoms with Gasteiger partial charge >= 0.3 is 0 Å².